The minimum absolute atomic E-state index is 0.273. The van der Waals surface area contributed by atoms with E-state index in [1.54, 1.807) is 0 Å². The lowest BCUT2D eigenvalue weighted by Crippen LogP contribution is -2.35. The molecule has 3 rings (SSSR count). The second-order valence-corrected chi connectivity index (χ2v) is 4.97. The Morgan fingerprint density at radius 3 is 2.61 bits per heavy atom. The molecule has 0 unspecified atom stereocenters. The maximum atomic E-state index is 14.2. The summed E-state index contributed by atoms with van der Waals surface area (Å²) in [7, 11) is 0. The minimum Gasteiger partial charge on any atom is -0.505 e. The second-order valence-electron chi connectivity index (χ2n) is 4.97. The fourth-order valence-electron chi connectivity index (χ4n) is 2.85. The number of hydrogen-bond acceptors (Lipinski definition) is 4. The first-order chi connectivity index (χ1) is 8.62. The highest BCUT2D eigenvalue weighted by Gasteiger charge is 2.39. The van der Waals surface area contributed by atoms with Crippen molar-refractivity contribution in [3.63, 3.8) is 0 Å². The molecule has 4 nitrogen and oxygen atoms in total. The molecule has 1 aromatic rings. The number of nitrogens with two attached hydrogens (primary N) is 1. The van der Waals surface area contributed by atoms with Gasteiger partial charge in [-0.25, -0.2) is 4.39 Å². The van der Waals surface area contributed by atoms with E-state index in [0.717, 1.165) is 12.8 Å². The average molecular weight is 253 g/mol. The van der Waals surface area contributed by atoms with Crippen LogP contribution >= 0.6 is 0 Å². The summed E-state index contributed by atoms with van der Waals surface area (Å²) < 4.78 is 25.1. The summed E-state index contributed by atoms with van der Waals surface area (Å²) in [6.07, 6.45) is 3.31. The van der Waals surface area contributed by atoms with Crippen LogP contribution in [-0.2, 0) is 5.54 Å². The summed E-state index contributed by atoms with van der Waals surface area (Å²) >= 11 is 0. The van der Waals surface area contributed by atoms with Crippen molar-refractivity contribution in [3.05, 3.63) is 17.4 Å². The van der Waals surface area contributed by atoms with Gasteiger partial charge in [0.25, 0.3) is 0 Å². The highest BCUT2D eigenvalue weighted by atomic mass is 19.1. The molecule has 5 heteroatoms. The van der Waals surface area contributed by atoms with E-state index in [1.165, 1.54) is 6.07 Å². The third kappa shape index (κ3) is 1.61. The Kier molecular flexibility index (Phi) is 2.59. The van der Waals surface area contributed by atoms with Crippen LogP contribution in [0, 0.1) is 5.82 Å². The molecule has 0 atom stereocenters. The van der Waals surface area contributed by atoms with Crippen LogP contribution in [0.25, 0.3) is 0 Å². The first kappa shape index (κ1) is 11.6. The first-order valence-corrected chi connectivity index (χ1v) is 6.22. The number of aromatic hydroxyl groups is 1. The fraction of sp³-hybridized carbons (Fsp3) is 0.538. The number of phenolic OH excluding ortho intramolecular Hbond substituents is 1. The van der Waals surface area contributed by atoms with Gasteiger partial charge in [-0.05, 0) is 12.8 Å². The van der Waals surface area contributed by atoms with Gasteiger partial charge in [-0.2, -0.15) is 0 Å². The SMILES string of the molecule is NC1(c2c(F)c(O)cc3c2OCCO3)CCCC1. The van der Waals surface area contributed by atoms with Gasteiger partial charge in [-0.3, -0.25) is 0 Å². The Hall–Kier alpha value is -1.49. The molecule has 3 N–H and O–H groups in total. The van der Waals surface area contributed by atoms with E-state index >= 15 is 0 Å². The third-order valence-corrected chi connectivity index (χ3v) is 3.74. The molecule has 0 spiro atoms. The number of benzene rings is 1. The molecule has 1 saturated carbocycles. The molecule has 0 radical (unpaired) electrons. The van der Waals surface area contributed by atoms with E-state index in [0.29, 0.717) is 37.6 Å². The van der Waals surface area contributed by atoms with Gasteiger partial charge in [0.1, 0.15) is 13.2 Å². The number of hydrogen-bond donors (Lipinski definition) is 2. The maximum Gasteiger partial charge on any atom is 0.173 e. The summed E-state index contributed by atoms with van der Waals surface area (Å²) in [5.41, 5.74) is 5.80. The van der Waals surface area contributed by atoms with Crippen LogP contribution in [0.1, 0.15) is 31.2 Å². The number of fused-ring (bicyclic) bond motifs is 1. The monoisotopic (exact) mass is 253 g/mol. The van der Waals surface area contributed by atoms with Crippen molar-refractivity contribution in [2.75, 3.05) is 13.2 Å². The molecule has 0 bridgehead atoms. The molecule has 0 aromatic heterocycles. The molecule has 0 amide bonds. The average Bonchev–Trinajstić information content (AvgIpc) is 2.78. The molecule has 1 aliphatic heterocycles. The largest absolute Gasteiger partial charge is 0.505 e. The first-order valence-electron chi connectivity index (χ1n) is 6.22. The van der Waals surface area contributed by atoms with Crippen LogP contribution in [0.4, 0.5) is 4.39 Å². The lowest BCUT2D eigenvalue weighted by molar-refractivity contribution is 0.164. The van der Waals surface area contributed by atoms with E-state index in [2.05, 4.69) is 0 Å². The lowest BCUT2D eigenvalue weighted by Gasteiger charge is -2.30. The van der Waals surface area contributed by atoms with Crippen molar-refractivity contribution >= 4 is 0 Å². The van der Waals surface area contributed by atoms with Gasteiger partial charge < -0.3 is 20.3 Å². The van der Waals surface area contributed by atoms with E-state index in [-0.39, 0.29) is 5.56 Å². The lowest BCUT2D eigenvalue weighted by atomic mass is 9.87. The normalized spacial score (nSPS) is 21.0. The van der Waals surface area contributed by atoms with E-state index in [4.69, 9.17) is 15.2 Å². The molecule has 1 aromatic carbocycles. The summed E-state index contributed by atoms with van der Waals surface area (Å²) in [5.74, 6) is -0.359. The number of phenols is 1. The summed E-state index contributed by atoms with van der Waals surface area (Å²) in [4.78, 5) is 0. The van der Waals surface area contributed by atoms with E-state index in [9.17, 15) is 9.50 Å². The van der Waals surface area contributed by atoms with Gasteiger partial charge in [0.2, 0.25) is 0 Å². The predicted octanol–water partition coefficient (Wildman–Crippen LogP) is 2.03. The standard InChI is InChI=1S/C13H16FNO3/c14-11-8(16)7-9-12(18-6-5-17-9)10(11)13(15)3-1-2-4-13/h7,16H,1-6,15H2. The number of ether oxygens (including phenoxy) is 2. The van der Waals surface area contributed by atoms with E-state index in [1.807, 2.05) is 0 Å². The Morgan fingerprint density at radius 2 is 1.89 bits per heavy atom. The highest BCUT2D eigenvalue weighted by molar-refractivity contribution is 5.56. The van der Waals surface area contributed by atoms with Gasteiger partial charge in [-0.1, -0.05) is 12.8 Å². The Bertz CT molecular complexity index is 484. The molecular formula is C13H16FNO3. The van der Waals surface area contributed by atoms with Gasteiger partial charge in [0, 0.05) is 11.6 Å². The number of halogens is 1. The molecule has 1 fully saturated rings. The molecule has 18 heavy (non-hydrogen) atoms. The van der Waals surface area contributed by atoms with E-state index < -0.39 is 17.1 Å². The zero-order valence-electron chi connectivity index (χ0n) is 10.0. The van der Waals surface area contributed by atoms with Gasteiger partial charge in [0.05, 0.1) is 5.56 Å². The molecule has 1 aliphatic carbocycles. The third-order valence-electron chi connectivity index (χ3n) is 3.74. The number of rotatable bonds is 1. The Labute approximate surface area is 105 Å². The zero-order valence-corrected chi connectivity index (χ0v) is 10.0. The van der Waals surface area contributed by atoms with Crippen molar-refractivity contribution in [1.29, 1.82) is 0 Å². The fourth-order valence-corrected chi connectivity index (χ4v) is 2.85. The summed E-state index contributed by atoms with van der Waals surface area (Å²) in [6.45, 7) is 0.773. The topological polar surface area (TPSA) is 64.7 Å². The van der Waals surface area contributed by atoms with Crippen LogP contribution in [0.5, 0.6) is 17.2 Å². The smallest absolute Gasteiger partial charge is 0.173 e. The van der Waals surface area contributed by atoms with Gasteiger partial charge in [0.15, 0.2) is 23.1 Å². The van der Waals surface area contributed by atoms with Crippen LogP contribution in [-0.4, -0.2) is 18.3 Å². The summed E-state index contributed by atoms with van der Waals surface area (Å²) in [6, 6.07) is 1.26. The molecule has 98 valence electrons. The van der Waals surface area contributed by atoms with Crippen LogP contribution in [0.3, 0.4) is 0 Å². The molecule has 2 aliphatic rings. The van der Waals surface area contributed by atoms with Crippen molar-refractivity contribution in [2.24, 2.45) is 5.73 Å². The molecule has 0 saturated heterocycles. The van der Waals surface area contributed by atoms with Gasteiger partial charge in [-0.15, -0.1) is 0 Å². The van der Waals surface area contributed by atoms with Crippen molar-refractivity contribution in [1.82, 2.24) is 0 Å². The minimum atomic E-state index is -0.756. The van der Waals surface area contributed by atoms with Crippen molar-refractivity contribution in [3.8, 4) is 17.2 Å². The quantitative estimate of drug-likeness (QED) is 0.803. The zero-order chi connectivity index (χ0) is 12.8. The predicted molar refractivity (Wildman–Crippen MR) is 63.4 cm³/mol. The highest BCUT2D eigenvalue weighted by Crippen LogP contribution is 2.48. The Balaban J connectivity index is 2.20. The molecule has 1 heterocycles. The van der Waals surface area contributed by atoms with Gasteiger partial charge >= 0.3 is 0 Å². The summed E-state index contributed by atoms with van der Waals surface area (Å²) in [5, 5.41) is 9.66. The maximum absolute atomic E-state index is 14.2. The van der Waals surface area contributed by atoms with Crippen LogP contribution in [0.2, 0.25) is 0 Å². The second kappa shape index (κ2) is 4.02. The van der Waals surface area contributed by atoms with Crippen molar-refractivity contribution < 1.29 is 19.0 Å². The Morgan fingerprint density at radius 1 is 1.22 bits per heavy atom. The van der Waals surface area contributed by atoms with Crippen LogP contribution in [0.15, 0.2) is 6.07 Å². The molecular weight excluding hydrogens is 237 g/mol. The van der Waals surface area contributed by atoms with Crippen LogP contribution < -0.4 is 15.2 Å². The van der Waals surface area contributed by atoms with Crippen molar-refractivity contribution in [2.45, 2.75) is 31.2 Å².